The van der Waals surface area contributed by atoms with Crippen LogP contribution in [0.2, 0.25) is 0 Å². The smallest absolute Gasteiger partial charge is 0.0108 e. The van der Waals surface area contributed by atoms with E-state index in [4.69, 9.17) is 0 Å². The summed E-state index contributed by atoms with van der Waals surface area (Å²) in [4.78, 5) is 2.83. The zero-order chi connectivity index (χ0) is 15.7. The first-order valence-corrected chi connectivity index (χ1v) is 9.15. The van der Waals surface area contributed by atoms with Crippen LogP contribution in [0.25, 0.3) is 0 Å². The molecule has 2 aliphatic rings. The third kappa shape index (κ3) is 4.96. The van der Waals surface area contributed by atoms with Gasteiger partial charge in [-0.15, -0.1) is 0 Å². The largest absolute Gasteiger partial charge is 0.316 e. The first-order chi connectivity index (χ1) is 9.69. The summed E-state index contributed by atoms with van der Waals surface area (Å²) < 4.78 is 0. The van der Waals surface area contributed by atoms with Gasteiger partial charge in [-0.3, -0.25) is 4.90 Å². The van der Waals surface area contributed by atoms with E-state index in [1.165, 1.54) is 51.7 Å². The van der Waals surface area contributed by atoms with Gasteiger partial charge < -0.3 is 5.32 Å². The first kappa shape index (κ1) is 17.3. The number of nitrogens with one attached hydrogen (secondary N) is 1. The molecular weight excluding hydrogens is 256 g/mol. The lowest BCUT2D eigenvalue weighted by Gasteiger charge is -2.50. The molecule has 21 heavy (non-hydrogen) atoms. The maximum absolute atomic E-state index is 3.59. The summed E-state index contributed by atoms with van der Waals surface area (Å²) in [6.07, 6.45) is 6.88. The molecule has 1 heterocycles. The molecule has 0 amide bonds. The van der Waals surface area contributed by atoms with Crippen LogP contribution in [-0.4, -0.2) is 36.6 Å². The second-order valence-corrected chi connectivity index (χ2v) is 9.57. The Hall–Kier alpha value is -0.0800. The van der Waals surface area contributed by atoms with Crippen LogP contribution in [0.5, 0.6) is 0 Å². The summed E-state index contributed by atoms with van der Waals surface area (Å²) in [5.41, 5.74) is 0.981. The van der Waals surface area contributed by atoms with Crippen LogP contribution >= 0.6 is 0 Å². The van der Waals surface area contributed by atoms with Crippen molar-refractivity contribution in [1.29, 1.82) is 0 Å². The lowest BCUT2D eigenvalue weighted by atomic mass is 9.63. The van der Waals surface area contributed by atoms with E-state index in [0.29, 0.717) is 16.9 Å². The monoisotopic (exact) mass is 294 g/mol. The minimum Gasteiger partial charge on any atom is -0.316 e. The normalized spacial score (nSPS) is 30.0. The molecular formula is C19H38N2. The van der Waals surface area contributed by atoms with Crippen molar-refractivity contribution >= 4 is 0 Å². The van der Waals surface area contributed by atoms with Crippen molar-refractivity contribution in [2.24, 2.45) is 16.7 Å². The Kier molecular flexibility index (Phi) is 5.41. The van der Waals surface area contributed by atoms with Crippen LogP contribution in [0, 0.1) is 16.7 Å². The molecule has 0 aromatic heterocycles. The zero-order valence-corrected chi connectivity index (χ0v) is 15.3. The van der Waals surface area contributed by atoms with Crippen LogP contribution in [0.15, 0.2) is 0 Å². The topological polar surface area (TPSA) is 15.3 Å². The molecule has 0 aromatic carbocycles. The minimum absolute atomic E-state index is 0.490. The molecule has 2 heteroatoms. The summed E-state index contributed by atoms with van der Waals surface area (Å²) in [7, 11) is 0. The van der Waals surface area contributed by atoms with Gasteiger partial charge in [0.1, 0.15) is 0 Å². The Morgan fingerprint density at radius 2 is 1.71 bits per heavy atom. The molecule has 2 nitrogen and oxygen atoms in total. The molecule has 1 atom stereocenters. The molecule has 0 spiro atoms. The predicted molar refractivity (Wildman–Crippen MR) is 92.6 cm³/mol. The molecule has 1 saturated carbocycles. The van der Waals surface area contributed by atoms with E-state index in [2.05, 4.69) is 51.8 Å². The van der Waals surface area contributed by atoms with Crippen molar-refractivity contribution in [2.45, 2.75) is 85.7 Å². The highest BCUT2D eigenvalue weighted by atomic mass is 15.2. The number of hydrogen-bond donors (Lipinski definition) is 1. The Morgan fingerprint density at radius 3 is 2.19 bits per heavy atom. The van der Waals surface area contributed by atoms with Crippen molar-refractivity contribution in [3.05, 3.63) is 0 Å². The molecule has 2 fully saturated rings. The highest BCUT2D eigenvalue weighted by Gasteiger charge is 2.41. The van der Waals surface area contributed by atoms with Gasteiger partial charge >= 0.3 is 0 Å². The first-order valence-electron chi connectivity index (χ1n) is 9.15. The van der Waals surface area contributed by atoms with Gasteiger partial charge in [-0.1, -0.05) is 27.7 Å². The van der Waals surface area contributed by atoms with E-state index in [1.807, 2.05) is 0 Å². The van der Waals surface area contributed by atoms with E-state index >= 15 is 0 Å². The molecule has 1 N–H and O–H groups in total. The highest BCUT2D eigenvalue weighted by Crippen LogP contribution is 2.47. The summed E-state index contributed by atoms with van der Waals surface area (Å²) in [5, 5.41) is 3.59. The molecule has 0 radical (unpaired) electrons. The molecule has 124 valence electrons. The maximum Gasteiger partial charge on any atom is 0.0108 e. The van der Waals surface area contributed by atoms with Gasteiger partial charge in [-0.25, -0.2) is 0 Å². The third-order valence-corrected chi connectivity index (χ3v) is 5.53. The predicted octanol–water partition coefficient (Wildman–Crippen LogP) is 4.30. The van der Waals surface area contributed by atoms with Crippen LogP contribution in [0.4, 0.5) is 0 Å². The van der Waals surface area contributed by atoms with Crippen LogP contribution in [0.1, 0.15) is 73.6 Å². The van der Waals surface area contributed by atoms with Crippen molar-refractivity contribution in [3.63, 3.8) is 0 Å². The average molecular weight is 295 g/mol. The van der Waals surface area contributed by atoms with Gasteiger partial charge in [0.25, 0.3) is 0 Å². The maximum atomic E-state index is 3.59. The van der Waals surface area contributed by atoms with Crippen molar-refractivity contribution in [2.75, 3.05) is 19.6 Å². The van der Waals surface area contributed by atoms with Crippen LogP contribution in [0.3, 0.4) is 0 Å². The van der Waals surface area contributed by atoms with Crippen molar-refractivity contribution in [1.82, 2.24) is 10.2 Å². The Labute approximate surface area is 133 Å². The lowest BCUT2D eigenvalue weighted by Crippen LogP contribution is -2.51. The SMILES string of the molecule is CC(C)N(CC1CCCNC1)C1CC(C)(C)CC(C)(C)C1. The Morgan fingerprint density at radius 1 is 1.10 bits per heavy atom. The third-order valence-electron chi connectivity index (χ3n) is 5.53. The highest BCUT2D eigenvalue weighted by molar-refractivity contribution is 4.94. The van der Waals surface area contributed by atoms with E-state index in [9.17, 15) is 0 Å². The van der Waals surface area contributed by atoms with Crippen molar-refractivity contribution in [3.8, 4) is 0 Å². The number of piperidine rings is 1. The summed E-state index contributed by atoms with van der Waals surface area (Å²) in [6.45, 7) is 18.4. The van der Waals surface area contributed by atoms with Gasteiger partial charge in [0, 0.05) is 18.6 Å². The van der Waals surface area contributed by atoms with Gasteiger partial charge in [0.2, 0.25) is 0 Å². The molecule has 1 aliphatic carbocycles. The van der Waals surface area contributed by atoms with Gasteiger partial charge in [0.15, 0.2) is 0 Å². The minimum atomic E-state index is 0.490. The standard InChI is InChI=1S/C19H38N2/c1-15(2)21(13-16-8-7-9-20-12-16)17-10-18(3,4)14-19(5,6)11-17/h15-17,20H,7-14H2,1-6H3. The fourth-order valence-electron chi connectivity index (χ4n) is 5.18. The summed E-state index contributed by atoms with van der Waals surface area (Å²) in [5.74, 6) is 0.856. The summed E-state index contributed by atoms with van der Waals surface area (Å²) >= 11 is 0. The Bertz CT molecular complexity index is 310. The van der Waals surface area contributed by atoms with E-state index in [0.717, 1.165) is 12.0 Å². The van der Waals surface area contributed by atoms with E-state index < -0.39 is 0 Å². The average Bonchev–Trinajstić information content (AvgIpc) is 2.33. The molecule has 1 saturated heterocycles. The molecule has 1 aliphatic heterocycles. The van der Waals surface area contributed by atoms with Gasteiger partial charge in [-0.05, 0) is 75.8 Å². The number of hydrogen-bond acceptors (Lipinski definition) is 2. The van der Waals surface area contributed by atoms with E-state index in [-0.39, 0.29) is 0 Å². The quantitative estimate of drug-likeness (QED) is 0.831. The number of nitrogens with zero attached hydrogens (tertiary/aromatic N) is 1. The molecule has 0 aromatic rings. The van der Waals surface area contributed by atoms with E-state index in [1.54, 1.807) is 0 Å². The fraction of sp³-hybridized carbons (Fsp3) is 1.00. The Balaban J connectivity index is 2.05. The molecule has 0 bridgehead atoms. The second-order valence-electron chi connectivity index (χ2n) is 9.57. The van der Waals surface area contributed by atoms with Crippen LogP contribution < -0.4 is 5.32 Å². The summed E-state index contributed by atoms with van der Waals surface area (Å²) in [6, 6.07) is 1.44. The zero-order valence-electron chi connectivity index (χ0n) is 15.3. The van der Waals surface area contributed by atoms with Gasteiger partial charge in [-0.2, -0.15) is 0 Å². The second kappa shape index (κ2) is 6.58. The van der Waals surface area contributed by atoms with Crippen molar-refractivity contribution < 1.29 is 0 Å². The molecule has 1 unspecified atom stereocenters. The van der Waals surface area contributed by atoms with Gasteiger partial charge in [0.05, 0.1) is 0 Å². The number of rotatable bonds is 4. The molecule has 2 rings (SSSR count). The fourth-order valence-corrected chi connectivity index (χ4v) is 5.18. The lowest BCUT2D eigenvalue weighted by molar-refractivity contribution is 0.00185. The van der Waals surface area contributed by atoms with Crippen LogP contribution in [-0.2, 0) is 0 Å².